The van der Waals surface area contributed by atoms with Crippen molar-refractivity contribution in [2.45, 2.75) is 38.8 Å². The SMILES string of the molecule is CNNC(=NCCCn1cncc1C)NC1C=Cc2nsnc2[C@@H]1C. The molecule has 2 atom stereocenters. The Bertz CT molecular complexity index is 747. The molecule has 0 spiro atoms. The Morgan fingerprint density at radius 1 is 1.40 bits per heavy atom. The number of aryl methyl sites for hydroxylation is 2. The third-order valence-corrected chi connectivity index (χ3v) is 4.82. The minimum Gasteiger partial charge on any atom is -0.348 e. The highest BCUT2D eigenvalue weighted by molar-refractivity contribution is 6.99. The molecule has 25 heavy (non-hydrogen) atoms. The number of imidazole rings is 1. The van der Waals surface area contributed by atoms with E-state index in [0.717, 1.165) is 36.9 Å². The zero-order valence-corrected chi connectivity index (χ0v) is 15.5. The summed E-state index contributed by atoms with van der Waals surface area (Å²) in [5, 5.41) is 3.45. The molecule has 134 valence electrons. The zero-order valence-electron chi connectivity index (χ0n) is 14.7. The summed E-state index contributed by atoms with van der Waals surface area (Å²) in [7, 11) is 1.83. The second-order valence-corrected chi connectivity index (χ2v) is 6.57. The second-order valence-electron chi connectivity index (χ2n) is 6.04. The maximum atomic E-state index is 4.65. The predicted molar refractivity (Wildman–Crippen MR) is 100 cm³/mol. The van der Waals surface area contributed by atoms with Crippen LogP contribution < -0.4 is 16.2 Å². The summed E-state index contributed by atoms with van der Waals surface area (Å²) in [6.07, 6.45) is 8.82. The molecule has 0 radical (unpaired) electrons. The van der Waals surface area contributed by atoms with Gasteiger partial charge in [0.2, 0.25) is 5.96 Å². The number of hydrogen-bond acceptors (Lipinski definition) is 6. The van der Waals surface area contributed by atoms with Gasteiger partial charge in [0.05, 0.1) is 29.8 Å². The molecular formula is C16H24N8S. The van der Waals surface area contributed by atoms with Crippen LogP contribution in [-0.2, 0) is 6.54 Å². The van der Waals surface area contributed by atoms with E-state index in [1.165, 1.54) is 17.4 Å². The van der Waals surface area contributed by atoms with Gasteiger partial charge in [-0.25, -0.2) is 10.4 Å². The molecule has 0 aliphatic heterocycles. The van der Waals surface area contributed by atoms with E-state index in [9.17, 15) is 0 Å². The molecule has 1 unspecified atom stereocenters. The van der Waals surface area contributed by atoms with Gasteiger partial charge in [0.15, 0.2) is 0 Å². The van der Waals surface area contributed by atoms with Gasteiger partial charge in [-0.3, -0.25) is 10.4 Å². The highest BCUT2D eigenvalue weighted by Gasteiger charge is 2.26. The Balaban J connectivity index is 1.56. The van der Waals surface area contributed by atoms with Crippen LogP contribution in [0.15, 0.2) is 23.6 Å². The molecule has 0 bridgehead atoms. The van der Waals surface area contributed by atoms with Crippen LogP contribution >= 0.6 is 11.7 Å². The molecule has 1 aliphatic rings. The number of aromatic nitrogens is 4. The van der Waals surface area contributed by atoms with Crippen LogP contribution in [0.3, 0.4) is 0 Å². The van der Waals surface area contributed by atoms with Gasteiger partial charge in [-0.1, -0.05) is 13.0 Å². The van der Waals surface area contributed by atoms with Crippen LogP contribution in [0.2, 0.25) is 0 Å². The van der Waals surface area contributed by atoms with Crippen molar-refractivity contribution in [3.05, 3.63) is 35.7 Å². The van der Waals surface area contributed by atoms with Crippen LogP contribution in [-0.4, -0.2) is 43.9 Å². The minimum atomic E-state index is 0.131. The Hall–Kier alpha value is -2.26. The van der Waals surface area contributed by atoms with Crippen molar-refractivity contribution in [3.63, 3.8) is 0 Å². The highest BCUT2D eigenvalue weighted by atomic mass is 32.1. The monoisotopic (exact) mass is 360 g/mol. The molecule has 2 heterocycles. The lowest BCUT2D eigenvalue weighted by Gasteiger charge is -2.26. The van der Waals surface area contributed by atoms with E-state index in [0.29, 0.717) is 0 Å². The summed E-state index contributed by atoms with van der Waals surface area (Å²) in [6.45, 7) is 5.85. The smallest absolute Gasteiger partial charge is 0.206 e. The summed E-state index contributed by atoms with van der Waals surface area (Å²) in [5.41, 5.74) is 9.21. The van der Waals surface area contributed by atoms with Gasteiger partial charge in [0, 0.05) is 37.9 Å². The van der Waals surface area contributed by atoms with Crippen LogP contribution in [0.5, 0.6) is 0 Å². The number of aliphatic imine (C=N–C) groups is 1. The van der Waals surface area contributed by atoms with Gasteiger partial charge in [-0.05, 0) is 19.4 Å². The van der Waals surface area contributed by atoms with Crippen molar-refractivity contribution in [1.82, 2.24) is 34.5 Å². The van der Waals surface area contributed by atoms with Gasteiger partial charge in [-0.15, -0.1) is 0 Å². The van der Waals surface area contributed by atoms with Crippen LogP contribution in [0.1, 0.15) is 36.3 Å². The lowest BCUT2D eigenvalue weighted by molar-refractivity contribution is 0.570. The first-order chi connectivity index (χ1) is 12.2. The van der Waals surface area contributed by atoms with Gasteiger partial charge in [0.25, 0.3) is 0 Å². The molecule has 2 aromatic heterocycles. The van der Waals surface area contributed by atoms with Crippen molar-refractivity contribution in [1.29, 1.82) is 0 Å². The lowest BCUT2D eigenvalue weighted by Crippen LogP contribution is -2.49. The van der Waals surface area contributed by atoms with E-state index in [2.05, 4.69) is 59.4 Å². The largest absolute Gasteiger partial charge is 0.348 e. The molecule has 0 aromatic carbocycles. The second kappa shape index (κ2) is 8.21. The summed E-state index contributed by atoms with van der Waals surface area (Å²) in [4.78, 5) is 8.78. The van der Waals surface area contributed by atoms with Crippen molar-refractivity contribution in [2.75, 3.05) is 13.6 Å². The van der Waals surface area contributed by atoms with Gasteiger partial charge < -0.3 is 9.88 Å². The van der Waals surface area contributed by atoms with E-state index in [-0.39, 0.29) is 12.0 Å². The Labute approximate surface area is 151 Å². The minimum absolute atomic E-state index is 0.131. The van der Waals surface area contributed by atoms with Crippen molar-refractivity contribution < 1.29 is 0 Å². The molecule has 0 saturated heterocycles. The summed E-state index contributed by atoms with van der Waals surface area (Å²) < 4.78 is 10.8. The third-order valence-electron chi connectivity index (χ3n) is 4.27. The third kappa shape index (κ3) is 4.23. The molecule has 1 aliphatic carbocycles. The predicted octanol–water partition coefficient (Wildman–Crippen LogP) is 1.30. The summed E-state index contributed by atoms with van der Waals surface area (Å²) >= 11 is 1.26. The first kappa shape index (κ1) is 17.6. The normalized spacial score (nSPS) is 19.7. The maximum Gasteiger partial charge on any atom is 0.206 e. The number of nitrogens with zero attached hydrogens (tertiary/aromatic N) is 5. The first-order valence-corrected chi connectivity index (χ1v) is 9.13. The standard InChI is InChI=1S/C16H24N8S/c1-11-9-18-10-24(11)8-4-7-19-16(21-17-3)20-13-5-6-14-15(12(13)2)23-25-22-14/h5-6,9-10,12-13,17H,4,7-8H2,1-3H3,(H2,19,20,21)/t12-,13?/m1/s1. The average molecular weight is 360 g/mol. The zero-order chi connectivity index (χ0) is 17.6. The van der Waals surface area contributed by atoms with Crippen molar-refractivity contribution >= 4 is 23.8 Å². The van der Waals surface area contributed by atoms with E-state index in [4.69, 9.17) is 0 Å². The fourth-order valence-corrected chi connectivity index (χ4v) is 3.42. The van der Waals surface area contributed by atoms with Crippen LogP contribution in [0.4, 0.5) is 0 Å². The molecule has 2 aromatic rings. The van der Waals surface area contributed by atoms with Crippen LogP contribution in [0, 0.1) is 6.92 Å². The quantitative estimate of drug-likeness (QED) is 0.311. The van der Waals surface area contributed by atoms with Gasteiger partial charge in [-0.2, -0.15) is 8.75 Å². The number of guanidine groups is 1. The van der Waals surface area contributed by atoms with Crippen LogP contribution in [0.25, 0.3) is 6.08 Å². The molecule has 0 saturated carbocycles. The fourth-order valence-electron chi connectivity index (χ4n) is 2.79. The molecule has 8 nitrogen and oxygen atoms in total. The Kier molecular flexibility index (Phi) is 5.77. The molecule has 0 amide bonds. The maximum absolute atomic E-state index is 4.65. The van der Waals surface area contributed by atoms with Gasteiger partial charge >= 0.3 is 0 Å². The fraction of sp³-hybridized carbons (Fsp3) is 0.500. The summed E-state index contributed by atoms with van der Waals surface area (Å²) in [5.74, 6) is 0.981. The van der Waals surface area contributed by atoms with E-state index in [1.54, 1.807) is 0 Å². The lowest BCUT2D eigenvalue weighted by atomic mass is 9.92. The molecule has 0 fully saturated rings. The van der Waals surface area contributed by atoms with Gasteiger partial charge in [0.1, 0.15) is 5.69 Å². The Morgan fingerprint density at radius 2 is 2.28 bits per heavy atom. The number of hydrazine groups is 1. The Morgan fingerprint density at radius 3 is 3.04 bits per heavy atom. The van der Waals surface area contributed by atoms with Crippen molar-refractivity contribution in [2.24, 2.45) is 4.99 Å². The molecule has 3 N–H and O–H groups in total. The number of hydrogen-bond donors (Lipinski definition) is 3. The molecule has 3 rings (SSSR count). The first-order valence-electron chi connectivity index (χ1n) is 8.40. The molecule has 9 heteroatoms. The topological polar surface area (TPSA) is 92.0 Å². The van der Waals surface area contributed by atoms with E-state index < -0.39 is 0 Å². The van der Waals surface area contributed by atoms with Crippen molar-refractivity contribution in [3.8, 4) is 0 Å². The number of nitrogens with one attached hydrogen (secondary N) is 3. The summed E-state index contributed by atoms with van der Waals surface area (Å²) in [6, 6.07) is 0.131. The molecular weight excluding hydrogens is 336 g/mol. The number of fused-ring (bicyclic) bond motifs is 1. The average Bonchev–Trinajstić information content (AvgIpc) is 3.23. The number of rotatable bonds is 6. The van der Waals surface area contributed by atoms with E-state index in [1.807, 2.05) is 25.6 Å². The van der Waals surface area contributed by atoms with E-state index >= 15 is 0 Å². The highest BCUT2D eigenvalue weighted by Crippen LogP contribution is 2.27.